The summed E-state index contributed by atoms with van der Waals surface area (Å²) in [6.45, 7) is 0.107. The van der Waals surface area contributed by atoms with Crippen molar-refractivity contribution in [2.45, 2.75) is 0 Å². The third-order valence-electron chi connectivity index (χ3n) is 1.25. The third-order valence-corrected chi connectivity index (χ3v) is 1.75. The topological polar surface area (TPSA) is 61.7 Å². The zero-order valence-electron chi connectivity index (χ0n) is 6.91. The van der Waals surface area contributed by atoms with Gasteiger partial charge in [0.1, 0.15) is 10.3 Å². The molecule has 0 aliphatic carbocycles. The van der Waals surface area contributed by atoms with Gasteiger partial charge in [-0.2, -0.15) is 0 Å². The highest BCUT2D eigenvalue weighted by atomic mass is 35.5. The number of halogens is 2. The summed E-state index contributed by atoms with van der Waals surface area (Å²) in [5.41, 5.74) is 8.55. The predicted molar refractivity (Wildman–Crippen MR) is 55.1 cm³/mol. The molecular weight excluding hydrogens is 223 g/mol. The molecule has 4 nitrogen and oxygen atoms in total. The highest BCUT2D eigenvalue weighted by Gasteiger charge is 1.98. The van der Waals surface area contributed by atoms with E-state index in [9.17, 15) is 0 Å². The highest BCUT2D eigenvalue weighted by Crippen LogP contribution is 2.15. The van der Waals surface area contributed by atoms with Crippen LogP contribution >= 0.6 is 23.2 Å². The number of rotatable bonds is 1. The van der Waals surface area contributed by atoms with Crippen LogP contribution in [0.5, 0.6) is 0 Å². The van der Waals surface area contributed by atoms with Gasteiger partial charge in [-0.05, 0) is 17.7 Å². The van der Waals surface area contributed by atoms with E-state index in [1.54, 1.807) is 12.1 Å². The maximum Gasteiger partial charge on any atom is 0.146 e. The van der Waals surface area contributed by atoms with Gasteiger partial charge >= 0.3 is 0 Å². The summed E-state index contributed by atoms with van der Waals surface area (Å²) < 4.78 is 0. The minimum Gasteiger partial charge on any atom is -0.223 e. The molecule has 0 N–H and O–H groups in total. The number of aromatic nitrogens is 1. The van der Waals surface area contributed by atoms with Crippen LogP contribution in [0.15, 0.2) is 17.2 Å². The lowest BCUT2D eigenvalue weighted by Crippen LogP contribution is -1.82. The predicted octanol–water partition coefficient (Wildman–Crippen LogP) is 3.05. The standard InChI is InChI=1S/C8H4Cl2N4/c9-7-4-3-6(8(10)13-7)2-1-5-12-14-11/h3-4H,5H2. The lowest BCUT2D eigenvalue weighted by molar-refractivity contribution is 1.25. The molecule has 1 aromatic rings. The Hall–Kier alpha value is -1.40. The molecule has 0 aliphatic rings. The van der Waals surface area contributed by atoms with Crippen molar-refractivity contribution in [1.29, 1.82) is 0 Å². The molecule has 0 saturated carbocycles. The second-order valence-corrected chi connectivity index (χ2v) is 2.91. The SMILES string of the molecule is [N-]=[N+]=NCC#Cc1ccc(Cl)nc1Cl. The van der Waals surface area contributed by atoms with Crippen molar-refractivity contribution in [1.82, 2.24) is 4.98 Å². The van der Waals surface area contributed by atoms with Crippen LogP contribution in [-0.4, -0.2) is 11.5 Å². The Kier molecular flexibility index (Phi) is 4.09. The Balaban J connectivity index is 2.84. The minimum atomic E-state index is 0.107. The molecule has 0 unspecified atom stereocenters. The number of hydrogen-bond donors (Lipinski definition) is 0. The van der Waals surface area contributed by atoms with Crippen molar-refractivity contribution in [2.75, 3.05) is 6.54 Å². The van der Waals surface area contributed by atoms with Crippen LogP contribution in [-0.2, 0) is 0 Å². The number of azide groups is 1. The van der Waals surface area contributed by atoms with E-state index < -0.39 is 0 Å². The Morgan fingerprint density at radius 1 is 1.50 bits per heavy atom. The molecular formula is C8H4Cl2N4. The summed E-state index contributed by atoms with van der Waals surface area (Å²) in [6, 6.07) is 3.24. The first-order chi connectivity index (χ1) is 6.74. The number of pyridine rings is 1. The number of nitrogens with zero attached hydrogens (tertiary/aromatic N) is 4. The van der Waals surface area contributed by atoms with Gasteiger partial charge in [-0.15, -0.1) is 0 Å². The van der Waals surface area contributed by atoms with Crippen LogP contribution in [0.2, 0.25) is 10.3 Å². The van der Waals surface area contributed by atoms with Crippen LogP contribution in [0.1, 0.15) is 5.56 Å². The van der Waals surface area contributed by atoms with E-state index in [1.807, 2.05) is 0 Å². The zero-order chi connectivity index (χ0) is 10.4. The molecule has 0 radical (unpaired) electrons. The van der Waals surface area contributed by atoms with Crippen LogP contribution < -0.4 is 0 Å². The fraction of sp³-hybridized carbons (Fsp3) is 0.125. The van der Waals surface area contributed by atoms with Gasteiger partial charge in [-0.3, -0.25) is 0 Å². The molecule has 1 aromatic heterocycles. The van der Waals surface area contributed by atoms with Crippen LogP contribution in [0.25, 0.3) is 10.4 Å². The van der Waals surface area contributed by atoms with E-state index in [-0.39, 0.29) is 11.7 Å². The van der Waals surface area contributed by atoms with E-state index in [2.05, 4.69) is 26.9 Å². The summed E-state index contributed by atoms with van der Waals surface area (Å²) in [6.07, 6.45) is 0. The summed E-state index contributed by atoms with van der Waals surface area (Å²) >= 11 is 11.3. The number of hydrogen-bond acceptors (Lipinski definition) is 2. The third kappa shape index (κ3) is 3.15. The molecule has 1 rings (SSSR count). The Bertz CT molecular complexity index is 440. The van der Waals surface area contributed by atoms with Crippen LogP contribution in [0, 0.1) is 11.8 Å². The lowest BCUT2D eigenvalue weighted by Gasteiger charge is -1.93. The van der Waals surface area contributed by atoms with E-state index >= 15 is 0 Å². The van der Waals surface area contributed by atoms with Gasteiger partial charge in [0.15, 0.2) is 0 Å². The molecule has 14 heavy (non-hydrogen) atoms. The summed E-state index contributed by atoms with van der Waals surface area (Å²) in [4.78, 5) is 6.35. The quantitative estimate of drug-likeness (QED) is 0.239. The Labute approximate surface area is 90.5 Å². The van der Waals surface area contributed by atoms with Crippen molar-refractivity contribution in [3.05, 3.63) is 38.4 Å². The maximum absolute atomic E-state index is 7.99. The molecule has 0 fully saturated rings. The molecule has 0 saturated heterocycles. The summed E-state index contributed by atoms with van der Waals surface area (Å²) in [5.74, 6) is 5.33. The van der Waals surface area contributed by atoms with E-state index in [0.717, 1.165) is 0 Å². The van der Waals surface area contributed by atoms with Crippen LogP contribution in [0.3, 0.4) is 0 Å². The average molecular weight is 227 g/mol. The molecule has 0 spiro atoms. The van der Waals surface area contributed by atoms with Gasteiger partial charge in [0.2, 0.25) is 0 Å². The molecule has 0 bridgehead atoms. The largest absolute Gasteiger partial charge is 0.223 e. The molecule has 1 heterocycles. The Morgan fingerprint density at radius 2 is 2.29 bits per heavy atom. The van der Waals surface area contributed by atoms with Gasteiger partial charge in [-0.25, -0.2) is 4.98 Å². The Morgan fingerprint density at radius 3 is 2.93 bits per heavy atom. The molecule has 0 aromatic carbocycles. The maximum atomic E-state index is 7.99. The second kappa shape index (κ2) is 5.36. The monoisotopic (exact) mass is 226 g/mol. The van der Waals surface area contributed by atoms with Gasteiger partial charge < -0.3 is 0 Å². The molecule has 0 atom stereocenters. The smallest absolute Gasteiger partial charge is 0.146 e. The first-order valence-electron chi connectivity index (χ1n) is 3.56. The van der Waals surface area contributed by atoms with E-state index in [0.29, 0.717) is 10.7 Å². The fourth-order valence-corrected chi connectivity index (χ4v) is 1.10. The molecule has 0 aliphatic heterocycles. The average Bonchev–Trinajstić information content (AvgIpc) is 2.15. The van der Waals surface area contributed by atoms with Gasteiger partial charge in [-0.1, -0.05) is 40.2 Å². The molecule has 70 valence electrons. The van der Waals surface area contributed by atoms with Crippen molar-refractivity contribution in [3.63, 3.8) is 0 Å². The van der Waals surface area contributed by atoms with Crippen molar-refractivity contribution in [3.8, 4) is 11.8 Å². The van der Waals surface area contributed by atoms with E-state index in [4.69, 9.17) is 28.7 Å². The van der Waals surface area contributed by atoms with E-state index in [1.165, 1.54) is 0 Å². The minimum absolute atomic E-state index is 0.107. The van der Waals surface area contributed by atoms with Crippen LogP contribution in [0.4, 0.5) is 0 Å². The molecule has 0 amide bonds. The van der Waals surface area contributed by atoms with Crippen molar-refractivity contribution < 1.29 is 0 Å². The first-order valence-corrected chi connectivity index (χ1v) is 4.31. The first kappa shape index (κ1) is 10.7. The fourth-order valence-electron chi connectivity index (χ4n) is 0.707. The second-order valence-electron chi connectivity index (χ2n) is 2.16. The highest BCUT2D eigenvalue weighted by molar-refractivity contribution is 6.33. The van der Waals surface area contributed by atoms with Gasteiger partial charge in [0, 0.05) is 4.91 Å². The molecule has 6 heteroatoms. The van der Waals surface area contributed by atoms with Crippen molar-refractivity contribution >= 4 is 23.2 Å². The summed E-state index contributed by atoms with van der Waals surface area (Å²) in [7, 11) is 0. The van der Waals surface area contributed by atoms with Gasteiger partial charge in [0.05, 0.1) is 12.1 Å². The zero-order valence-corrected chi connectivity index (χ0v) is 8.42. The normalized spacial score (nSPS) is 8.43. The van der Waals surface area contributed by atoms with Crippen molar-refractivity contribution in [2.24, 2.45) is 5.11 Å². The van der Waals surface area contributed by atoms with Gasteiger partial charge in [0.25, 0.3) is 0 Å². The summed E-state index contributed by atoms with van der Waals surface area (Å²) in [5, 5.41) is 3.81. The lowest BCUT2D eigenvalue weighted by atomic mass is 10.3.